The molecule has 0 amide bonds. The minimum Gasteiger partial charge on any atom is -0.478 e. The summed E-state index contributed by atoms with van der Waals surface area (Å²) in [5.41, 5.74) is -0.442. The van der Waals surface area contributed by atoms with Crippen LogP contribution in [0.15, 0.2) is 40.9 Å². The van der Waals surface area contributed by atoms with E-state index >= 15 is 0 Å². The van der Waals surface area contributed by atoms with Crippen molar-refractivity contribution in [3.63, 3.8) is 0 Å². The summed E-state index contributed by atoms with van der Waals surface area (Å²) in [5, 5.41) is 20.4. The second-order valence-corrected chi connectivity index (χ2v) is 5.18. The second kappa shape index (κ2) is 6.11. The Hall–Kier alpha value is -2.12. The van der Waals surface area contributed by atoms with Crippen molar-refractivity contribution in [2.75, 3.05) is 0 Å². The van der Waals surface area contributed by atoms with Gasteiger partial charge in [0.05, 0.1) is 4.92 Å². The van der Waals surface area contributed by atoms with Crippen LogP contribution in [0.3, 0.4) is 0 Å². The summed E-state index contributed by atoms with van der Waals surface area (Å²) in [4.78, 5) is 21.6. The highest BCUT2D eigenvalue weighted by Gasteiger charge is 2.20. The van der Waals surface area contributed by atoms with E-state index in [9.17, 15) is 20.0 Å². The van der Waals surface area contributed by atoms with Gasteiger partial charge < -0.3 is 9.84 Å². The van der Waals surface area contributed by atoms with Crippen LogP contribution in [-0.4, -0.2) is 16.0 Å². The molecular formula is C13H7BrClNO5. The first kappa shape index (κ1) is 15.3. The minimum absolute atomic E-state index is 0.0257. The number of hydrogen-bond acceptors (Lipinski definition) is 4. The van der Waals surface area contributed by atoms with E-state index < -0.39 is 10.9 Å². The molecule has 0 heterocycles. The van der Waals surface area contributed by atoms with Crippen molar-refractivity contribution in [1.82, 2.24) is 0 Å². The molecule has 2 aromatic rings. The normalized spacial score (nSPS) is 10.2. The maximum atomic E-state index is 11.2. The number of hydrogen-bond donors (Lipinski definition) is 1. The molecule has 21 heavy (non-hydrogen) atoms. The molecule has 0 unspecified atom stereocenters. The third-order valence-corrected chi connectivity index (χ3v) is 3.42. The Morgan fingerprint density at radius 1 is 1.29 bits per heavy atom. The van der Waals surface area contributed by atoms with Crippen LogP contribution in [0.2, 0.25) is 5.02 Å². The zero-order chi connectivity index (χ0) is 15.6. The molecule has 6 nitrogen and oxygen atoms in total. The average molecular weight is 373 g/mol. The number of nitrogens with zero attached hydrogens (tertiary/aromatic N) is 1. The Kier molecular flexibility index (Phi) is 4.44. The van der Waals surface area contributed by atoms with Gasteiger partial charge in [0.25, 0.3) is 0 Å². The van der Waals surface area contributed by atoms with Gasteiger partial charge >= 0.3 is 11.7 Å². The molecule has 1 N–H and O–H groups in total. The molecule has 0 aliphatic carbocycles. The molecule has 108 valence electrons. The molecule has 8 heteroatoms. The van der Waals surface area contributed by atoms with Gasteiger partial charge in [0.15, 0.2) is 0 Å². The molecule has 0 atom stereocenters. The minimum atomic E-state index is -1.22. The third kappa shape index (κ3) is 3.32. The summed E-state index contributed by atoms with van der Waals surface area (Å²) in [6.07, 6.45) is 0. The van der Waals surface area contributed by atoms with Gasteiger partial charge in [0, 0.05) is 21.6 Å². The molecule has 2 aromatic carbocycles. The van der Waals surface area contributed by atoms with Crippen LogP contribution in [0.5, 0.6) is 11.5 Å². The number of carboxylic acid groups (broad SMARTS) is 1. The highest BCUT2D eigenvalue weighted by molar-refractivity contribution is 9.10. The lowest BCUT2D eigenvalue weighted by atomic mass is 10.2. The van der Waals surface area contributed by atoms with Crippen molar-refractivity contribution in [3.8, 4) is 11.5 Å². The third-order valence-electron chi connectivity index (χ3n) is 2.53. The van der Waals surface area contributed by atoms with Crippen molar-refractivity contribution in [2.45, 2.75) is 0 Å². The zero-order valence-electron chi connectivity index (χ0n) is 10.2. The average Bonchev–Trinajstić information content (AvgIpc) is 2.37. The smallest absolute Gasteiger partial charge is 0.340 e. The highest BCUT2D eigenvalue weighted by atomic mass is 79.9. The largest absolute Gasteiger partial charge is 0.478 e. The van der Waals surface area contributed by atoms with Crippen molar-refractivity contribution in [2.24, 2.45) is 0 Å². The van der Waals surface area contributed by atoms with Crippen LogP contribution >= 0.6 is 27.5 Å². The molecule has 0 saturated heterocycles. The molecular weight excluding hydrogens is 366 g/mol. The molecule has 2 rings (SSSR count). The lowest BCUT2D eigenvalue weighted by Gasteiger charge is -2.10. The fourth-order valence-electron chi connectivity index (χ4n) is 1.64. The fraction of sp³-hybridized carbons (Fsp3) is 0. The Morgan fingerprint density at radius 3 is 2.62 bits per heavy atom. The van der Waals surface area contributed by atoms with Gasteiger partial charge in [-0.2, -0.15) is 0 Å². The van der Waals surface area contributed by atoms with Gasteiger partial charge in [-0.05, 0) is 34.1 Å². The van der Waals surface area contributed by atoms with Gasteiger partial charge in [-0.1, -0.05) is 17.7 Å². The van der Waals surface area contributed by atoms with Gasteiger partial charge in [-0.3, -0.25) is 10.1 Å². The lowest BCUT2D eigenvalue weighted by Crippen LogP contribution is -2.02. The number of nitro groups is 1. The van der Waals surface area contributed by atoms with E-state index in [0.717, 1.165) is 0 Å². The number of rotatable bonds is 4. The Morgan fingerprint density at radius 2 is 2.00 bits per heavy atom. The Bertz CT molecular complexity index is 734. The lowest BCUT2D eigenvalue weighted by molar-refractivity contribution is -0.385. The topological polar surface area (TPSA) is 89.7 Å². The summed E-state index contributed by atoms with van der Waals surface area (Å²) in [5.74, 6) is -1.38. The van der Waals surface area contributed by atoms with Crippen LogP contribution < -0.4 is 4.74 Å². The SMILES string of the molecule is O=C(O)c1c(Br)cccc1Oc1cc(Cl)ccc1[N+](=O)[O-]. The van der Waals surface area contributed by atoms with Crippen LogP contribution in [0.1, 0.15) is 10.4 Å². The molecule has 0 radical (unpaired) electrons. The molecule has 0 bridgehead atoms. The van der Waals surface area contributed by atoms with Crippen LogP contribution in [0.25, 0.3) is 0 Å². The van der Waals surface area contributed by atoms with Crippen molar-refractivity contribution >= 4 is 39.2 Å². The predicted octanol–water partition coefficient (Wildman–Crippen LogP) is 4.50. The summed E-state index contributed by atoms with van der Waals surface area (Å²) < 4.78 is 5.69. The first-order valence-corrected chi connectivity index (χ1v) is 6.71. The number of carboxylic acids is 1. The first-order valence-electron chi connectivity index (χ1n) is 5.53. The van der Waals surface area contributed by atoms with Gasteiger partial charge in [0.1, 0.15) is 11.3 Å². The van der Waals surface area contributed by atoms with E-state index in [1.807, 2.05) is 0 Å². The summed E-state index contributed by atoms with van der Waals surface area (Å²) in [6.45, 7) is 0. The number of ether oxygens (including phenoxy) is 1. The van der Waals surface area contributed by atoms with Crippen LogP contribution in [0, 0.1) is 10.1 Å². The summed E-state index contributed by atoms with van der Waals surface area (Å²) in [6, 6.07) is 8.29. The Labute approximate surface area is 132 Å². The second-order valence-electron chi connectivity index (χ2n) is 3.89. The van der Waals surface area contributed by atoms with E-state index in [1.54, 1.807) is 6.07 Å². The van der Waals surface area contributed by atoms with Crippen LogP contribution in [0.4, 0.5) is 5.69 Å². The van der Waals surface area contributed by atoms with Crippen molar-refractivity contribution < 1.29 is 19.6 Å². The number of benzene rings is 2. The van der Waals surface area contributed by atoms with E-state index in [2.05, 4.69) is 15.9 Å². The quantitative estimate of drug-likeness (QED) is 0.630. The van der Waals surface area contributed by atoms with E-state index in [1.165, 1.54) is 30.3 Å². The highest BCUT2D eigenvalue weighted by Crippen LogP contribution is 2.36. The van der Waals surface area contributed by atoms with Gasteiger partial charge in [-0.25, -0.2) is 4.79 Å². The molecule has 0 saturated carbocycles. The number of halogens is 2. The van der Waals surface area contributed by atoms with E-state index in [0.29, 0.717) is 4.47 Å². The van der Waals surface area contributed by atoms with Gasteiger partial charge in [-0.15, -0.1) is 0 Å². The Balaban J connectivity index is 2.53. The molecule has 0 aliphatic rings. The number of nitro benzene ring substituents is 1. The fourth-order valence-corrected chi connectivity index (χ4v) is 2.32. The first-order chi connectivity index (χ1) is 9.90. The number of carbonyl (C=O) groups is 1. The summed E-state index contributed by atoms with van der Waals surface area (Å²) in [7, 11) is 0. The van der Waals surface area contributed by atoms with Crippen molar-refractivity contribution in [3.05, 3.63) is 61.6 Å². The maximum absolute atomic E-state index is 11.2. The van der Waals surface area contributed by atoms with Gasteiger partial charge in [0.2, 0.25) is 5.75 Å². The van der Waals surface area contributed by atoms with Crippen molar-refractivity contribution in [1.29, 1.82) is 0 Å². The standard InChI is InChI=1S/C13H7BrClNO5/c14-8-2-1-3-10(12(8)13(17)18)21-11-6-7(15)4-5-9(11)16(19)20/h1-6H,(H,17,18). The molecule has 0 aliphatic heterocycles. The zero-order valence-corrected chi connectivity index (χ0v) is 12.6. The van der Waals surface area contributed by atoms with Crippen LogP contribution in [-0.2, 0) is 0 Å². The predicted molar refractivity (Wildman–Crippen MR) is 79.3 cm³/mol. The maximum Gasteiger partial charge on any atom is 0.340 e. The van der Waals surface area contributed by atoms with E-state index in [-0.39, 0.29) is 27.8 Å². The molecule has 0 aromatic heterocycles. The summed E-state index contributed by atoms with van der Waals surface area (Å²) >= 11 is 8.90. The molecule has 0 spiro atoms. The number of aromatic carboxylic acids is 1. The van der Waals surface area contributed by atoms with E-state index in [4.69, 9.17) is 16.3 Å². The molecule has 0 fully saturated rings. The monoisotopic (exact) mass is 371 g/mol.